The third-order valence-corrected chi connectivity index (χ3v) is 4.26. The molecule has 25 heavy (non-hydrogen) atoms. The number of nitrogens with one attached hydrogen (secondary N) is 2. The summed E-state index contributed by atoms with van der Waals surface area (Å²) in [6.07, 6.45) is 0.624. The fraction of sp³-hybridized carbons (Fsp3) is 0.500. The van der Waals surface area contributed by atoms with E-state index in [9.17, 15) is 14.4 Å². The molecule has 0 heterocycles. The van der Waals surface area contributed by atoms with Gasteiger partial charge in [-0.1, -0.05) is 13.0 Å². The van der Waals surface area contributed by atoms with Gasteiger partial charge in [0, 0.05) is 24.3 Å². The van der Waals surface area contributed by atoms with E-state index in [2.05, 4.69) is 10.6 Å². The predicted octanol–water partition coefficient (Wildman–Crippen LogP) is 1.89. The van der Waals surface area contributed by atoms with Crippen LogP contribution in [0.1, 0.15) is 37.0 Å². The van der Waals surface area contributed by atoms with Gasteiger partial charge in [-0.15, -0.1) is 0 Å². The first-order valence-electron chi connectivity index (χ1n) is 8.18. The van der Waals surface area contributed by atoms with Crippen LogP contribution in [0.5, 0.6) is 0 Å². The molecule has 1 saturated carbocycles. The van der Waals surface area contributed by atoms with Gasteiger partial charge >= 0.3 is 5.97 Å². The van der Waals surface area contributed by atoms with Crippen molar-refractivity contribution in [2.45, 2.75) is 32.2 Å². The molecule has 2 amide bonds. The lowest BCUT2D eigenvalue weighted by Crippen LogP contribution is -2.50. The van der Waals surface area contributed by atoms with E-state index in [0.29, 0.717) is 17.2 Å². The molecule has 0 aromatic heterocycles. The third-order valence-electron chi connectivity index (χ3n) is 4.26. The molecule has 0 aliphatic heterocycles. The Bertz CT molecular complexity index is 675. The van der Waals surface area contributed by atoms with Crippen LogP contribution in [0, 0.1) is 11.8 Å². The second-order valence-electron chi connectivity index (χ2n) is 6.91. The van der Waals surface area contributed by atoms with Crippen molar-refractivity contribution in [3.63, 3.8) is 0 Å². The Morgan fingerprint density at radius 3 is 2.60 bits per heavy atom. The molecule has 1 fully saturated rings. The van der Waals surface area contributed by atoms with Crippen molar-refractivity contribution >= 4 is 23.5 Å². The van der Waals surface area contributed by atoms with E-state index < -0.39 is 17.4 Å². The zero-order valence-corrected chi connectivity index (χ0v) is 14.7. The number of hydrogen-bond donors (Lipinski definition) is 3. The maximum Gasteiger partial charge on any atom is 0.305 e. The minimum atomic E-state index is -1.03. The van der Waals surface area contributed by atoms with Crippen molar-refractivity contribution in [2.75, 3.05) is 19.0 Å². The lowest BCUT2D eigenvalue weighted by molar-refractivity contribution is -0.139. The van der Waals surface area contributed by atoms with Gasteiger partial charge < -0.3 is 20.5 Å². The molecule has 0 spiro atoms. The normalized spacial score (nSPS) is 21.1. The highest BCUT2D eigenvalue weighted by atomic mass is 16.5. The highest BCUT2D eigenvalue weighted by molar-refractivity contribution is 5.98. The number of carbonyl (C=O) groups is 3. The van der Waals surface area contributed by atoms with Crippen molar-refractivity contribution in [2.24, 2.45) is 11.8 Å². The molecule has 3 atom stereocenters. The number of ether oxygens (including phenoxy) is 1. The van der Waals surface area contributed by atoms with Crippen LogP contribution in [0.3, 0.4) is 0 Å². The first kappa shape index (κ1) is 18.9. The van der Waals surface area contributed by atoms with Gasteiger partial charge in [0.1, 0.15) is 0 Å². The maximum absolute atomic E-state index is 12.5. The number of hydrogen-bond acceptors (Lipinski definition) is 4. The topological polar surface area (TPSA) is 105 Å². The number of anilines is 1. The van der Waals surface area contributed by atoms with Crippen LogP contribution < -0.4 is 10.6 Å². The Labute approximate surface area is 146 Å². The van der Waals surface area contributed by atoms with Gasteiger partial charge in [-0.3, -0.25) is 14.4 Å². The second kappa shape index (κ2) is 7.65. The van der Waals surface area contributed by atoms with E-state index in [-0.39, 0.29) is 24.9 Å². The molecule has 136 valence electrons. The molecular formula is C18H24N2O5. The number of aliphatic carboxylic acids is 1. The largest absolute Gasteiger partial charge is 0.481 e. The van der Waals surface area contributed by atoms with Crippen LogP contribution in [0.25, 0.3) is 0 Å². The summed E-state index contributed by atoms with van der Waals surface area (Å²) < 4.78 is 5.03. The molecule has 1 aromatic rings. The van der Waals surface area contributed by atoms with Crippen LogP contribution in [0.4, 0.5) is 5.69 Å². The molecule has 7 heteroatoms. The number of benzene rings is 1. The number of rotatable bonds is 8. The predicted molar refractivity (Wildman–Crippen MR) is 92.3 cm³/mol. The van der Waals surface area contributed by atoms with Gasteiger partial charge in [0.25, 0.3) is 5.91 Å². The Hall–Kier alpha value is -2.41. The molecule has 7 nitrogen and oxygen atoms in total. The number of carboxylic acids is 1. The molecular weight excluding hydrogens is 324 g/mol. The summed E-state index contributed by atoms with van der Waals surface area (Å²) in [5.41, 5.74) is -0.141. The van der Waals surface area contributed by atoms with E-state index in [1.165, 1.54) is 7.11 Å². The average Bonchev–Trinajstić information content (AvgIpc) is 3.23. The Morgan fingerprint density at radius 1 is 1.36 bits per heavy atom. The van der Waals surface area contributed by atoms with Crippen molar-refractivity contribution in [1.82, 2.24) is 5.32 Å². The molecule has 0 radical (unpaired) electrons. The fourth-order valence-corrected chi connectivity index (χ4v) is 2.79. The number of amides is 2. The van der Waals surface area contributed by atoms with Crippen LogP contribution in [0.15, 0.2) is 24.3 Å². The van der Waals surface area contributed by atoms with Crippen LogP contribution in [0.2, 0.25) is 0 Å². The molecule has 1 aromatic carbocycles. The molecule has 3 N–H and O–H groups in total. The molecule has 1 aliphatic rings. The van der Waals surface area contributed by atoms with Gasteiger partial charge in [0.05, 0.1) is 18.6 Å². The Kier molecular flexibility index (Phi) is 5.79. The monoisotopic (exact) mass is 348 g/mol. The summed E-state index contributed by atoms with van der Waals surface area (Å²) in [5.74, 6) is -1.05. The average molecular weight is 348 g/mol. The van der Waals surface area contributed by atoms with Gasteiger partial charge in [0.15, 0.2) is 0 Å². The molecule has 0 bridgehead atoms. The fourth-order valence-electron chi connectivity index (χ4n) is 2.79. The van der Waals surface area contributed by atoms with E-state index in [1.807, 2.05) is 6.92 Å². The minimum Gasteiger partial charge on any atom is -0.481 e. The van der Waals surface area contributed by atoms with Gasteiger partial charge in [-0.05, 0) is 37.5 Å². The maximum atomic E-state index is 12.5. The van der Waals surface area contributed by atoms with Crippen LogP contribution in [-0.4, -0.2) is 42.1 Å². The van der Waals surface area contributed by atoms with Gasteiger partial charge in [-0.25, -0.2) is 0 Å². The molecule has 1 aliphatic carbocycles. The summed E-state index contributed by atoms with van der Waals surface area (Å²) in [6, 6.07) is 6.58. The number of carbonyl (C=O) groups excluding carboxylic acids is 2. The quantitative estimate of drug-likeness (QED) is 0.665. The van der Waals surface area contributed by atoms with Gasteiger partial charge in [-0.2, -0.15) is 0 Å². The highest BCUT2D eigenvalue weighted by Gasteiger charge is 2.39. The SMILES string of the molecule is COCC(C)(CC(=O)O)NC(=O)c1cccc(NC(=O)C2CC2C)c1. The summed E-state index contributed by atoms with van der Waals surface area (Å²) in [5, 5.41) is 14.5. The summed E-state index contributed by atoms with van der Waals surface area (Å²) in [6.45, 7) is 3.71. The first-order valence-corrected chi connectivity index (χ1v) is 8.18. The van der Waals surface area contributed by atoms with Crippen molar-refractivity contribution in [3.05, 3.63) is 29.8 Å². The smallest absolute Gasteiger partial charge is 0.305 e. The Morgan fingerprint density at radius 2 is 2.04 bits per heavy atom. The Balaban J connectivity index is 2.06. The van der Waals surface area contributed by atoms with Gasteiger partial charge in [0.2, 0.25) is 5.91 Å². The summed E-state index contributed by atoms with van der Waals surface area (Å²) >= 11 is 0. The van der Waals surface area contributed by atoms with Crippen molar-refractivity contribution in [1.29, 1.82) is 0 Å². The van der Waals surface area contributed by atoms with Crippen LogP contribution in [-0.2, 0) is 14.3 Å². The molecule has 3 unspecified atom stereocenters. The van der Waals surface area contributed by atoms with E-state index >= 15 is 0 Å². The summed E-state index contributed by atoms with van der Waals surface area (Å²) in [4.78, 5) is 35.5. The lowest BCUT2D eigenvalue weighted by Gasteiger charge is -2.28. The number of methoxy groups -OCH3 is 1. The molecule has 2 rings (SSSR count). The van der Waals surface area contributed by atoms with E-state index in [4.69, 9.17) is 9.84 Å². The lowest BCUT2D eigenvalue weighted by atomic mass is 9.98. The molecule has 0 saturated heterocycles. The zero-order chi connectivity index (χ0) is 18.6. The third kappa shape index (κ3) is 5.29. The zero-order valence-electron chi connectivity index (χ0n) is 14.7. The minimum absolute atomic E-state index is 0.0399. The van der Waals surface area contributed by atoms with E-state index in [1.54, 1.807) is 31.2 Å². The van der Waals surface area contributed by atoms with Crippen LogP contribution >= 0.6 is 0 Å². The van der Waals surface area contributed by atoms with E-state index in [0.717, 1.165) is 6.42 Å². The van der Waals surface area contributed by atoms with Crippen molar-refractivity contribution in [3.8, 4) is 0 Å². The summed E-state index contributed by atoms with van der Waals surface area (Å²) in [7, 11) is 1.45. The number of carboxylic acid groups (broad SMARTS) is 1. The second-order valence-corrected chi connectivity index (χ2v) is 6.91. The highest BCUT2D eigenvalue weighted by Crippen LogP contribution is 2.38. The first-order chi connectivity index (χ1) is 11.7. The standard InChI is InChI=1S/C18H24N2O5/c1-11-7-14(11)17(24)19-13-6-4-5-12(8-13)16(23)20-18(2,10-25-3)9-15(21)22/h4-6,8,11,14H,7,9-10H2,1-3H3,(H,19,24)(H,20,23)(H,21,22). The van der Waals surface area contributed by atoms with Crippen molar-refractivity contribution < 1.29 is 24.2 Å².